The van der Waals surface area contributed by atoms with Crippen molar-refractivity contribution >= 4 is 34.9 Å². The normalized spacial score (nSPS) is 10.1. The van der Waals surface area contributed by atoms with Gasteiger partial charge in [0.25, 0.3) is 5.91 Å². The minimum atomic E-state index is -0.563. The zero-order chi connectivity index (χ0) is 18.4. The van der Waals surface area contributed by atoms with Crippen molar-refractivity contribution in [3.63, 3.8) is 0 Å². The molecule has 0 aromatic heterocycles. The second-order valence-corrected chi connectivity index (χ2v) is 5.83. The van der Waals surface area contributed by atoms with Crippen LogP contribution in [0.5, 0.6) is 5.75 Å². The molecule has 132 valence electrons. The standard InChI is InChI=1S/C18H19ClN2O4/c1-21(2)14-6-4-5-12(9-14)18(23)25-11-17(22)20-13-7-8-16(24-3)15(19)10-13/h4-10H,11H2,1-3H3,(H,20,22). The number of nitrogens with zero attached hydrogens (tertiary/aromatic N) is 1. The molecule has 0 radical (unpaired) electrons. The Labute approximate surface area is 151 Å². The molecule has 0 aliphatic heterocycles. The van der Waals surface area contributed by atoms with Crippen molar-refractivity contribution in [1.82, 2.24) is 0 Å². The van der Waals surface area contributed by atoms with E-state index in [4.69, 9.17) is 21.1 Å². The van der Waals surface area contributed by atoms with Crippen molar-refractivity contribution in [2.24, 2.45) is 0 Å². The number of hydrogen-bond donors (Lipinski definition) is 1. The fraction of sp³-hybridized carbons (Fsp3) is 0.222. The van der Waals surface area contributed by atoms with E-state index in [0.29, 0.717) is 22.0 Å². The highest BCUT2D eigenvalue weighted by molar-refractivity contribution is 6.32. The van der Waals surface area contributed by atoms with E-state index in [0.717, 1.165) is 5.69 Å². The third-order valence-electron chi connectivity index (χ3n) is 3.37. The molecule has 1 amide bonds. The Morgan fingerprint density at radius 2 is 1.92 bits per heavy atom. The third kappa shape index (κ3) is 5.12. The van der Waals surface area contributed by atoms with E-state index in [2.05, 4.69) is 5.32 Å². The molecule has 0 spiro atoms. The average Bonchev–Trinajstić information content (AvgIpc) is 2.60. The quantitative estimate of drug-likeness (QED) is 0.799. The van der Waals surface area contributed by atoms with Gasteiger partial charge in [-0.25, -0.2) is 4.79 Å². The van der Waals surface area contributed by atoms with Crippen LogP contribution in [-0.2, 0) is 9.53 Å². The molecule has 6 nitrogen and oxygen atoms in total. The molecule has 2 aromatic rings. The predicted octanol–water partition coefficient (Wildman–Crippen LogP) is 3.21. The Morgan fingerprint density at radius 3 is 2.56 bits per heavy atom. The van der Waals surface area contributed by atoms with Gasteiger partial charge in [-0.15, -0.1) is 0 Å². The molecule has 0 bridgehead atoms. The van der Waals surface area contributed by atoms with Crippen LogP contribution in [0.1, 0.15) is 10.4 Å². The lowest BCUT2D eigenvalue weighted by molar-refractivity contribution is -0.119. The molecule has 2 rings (SSSR count). The minimum absolute atomic E-state index is 0.373. The summed E-state index contributed by atoms with van der Waals surface area (Å²) in [5.74, 6) is -0.517. The topological polar surface area (TPSA) is 67.9 Å². The summed E-state index contributed by atoms with van der Waals surface area (Å²) in [6.45, 7) is -0.394. The number of benzene rings is 2. The van der Waals surface area contributed by atoms with Crippen LogP contribution < -0.4 is 15.0 Å². The van der Waals surface area contributed by atoms with Gasteiger partial charge in [0.05, 0.1) is 17.7 Å². The van der Waals surface area contributed by atoms with Crippen LogP contribution in [-0.4, -0.2) is 39.7 Å². The van der Waals surface area contributed by atoms with Crippen LogP contribution >= 0.6 is 11.6 Å². The Bertz CT molecular complexity index is 777. The molecule has 0 atom stereocenters. The lowest BCUT2D eigenvalue weighted by Crippen LogP contribution is -2.21. The summed E-state index contributed by atoms with van der Waals surface area (Å²) < 4.78 is 10.1. The van der Waals surface area contributed by atoms with Crippen LogP contribution in [0.15, 0.2) is 42.5 Å². The van der Waals surface area contributed by atoms with Gasteiger partial charge in [-0.05, 0) is 36.4 Å². The highest BCUT2D eigenvalue weighted by atomic mass is 35.5. The first-order valence-electron chi connectivity index (χ1n) is 7.48. The van der Waals surface area contributed by atoms with Crippen molar-refractivity contribution in [2.45, 2.75) is 0 Å². The van der Waals surface area contributed by atoms with E-state index < -0.39 is 18.5 Å². The summed E-state index contributed by atoms with van der Waals surface area (Å²) in [6, 6.07) is 11.8. The molecule has 0 saturated heterocycles. The number of methoxy groups -OCH3 is 1. The highest BCUT2D eigenvalue weighted by Crippen LogP contribution is 2.27. The Kier molecular flexibility index (Phi) is 6.25. The number of nitrogens with one attached hydrogen (secondary N) is 1. The van der Waals surface area contributed by atoms with Crippen molar-refractivity contribution < 1.29 is 19.1 Å². The fourth-order valence-electron chi connectivity index (χ4n) is 2.07. The third-order valence-corrected chi connectivity index (χ3v) is 3.66. The minimum Gasteiger partial charge on any atom is -0.495 e. The van der Waals surface area contributed by atoms with Gasteiger partial charge in [-0.1, -0.05) is 17.7 Å². The second-order valence-electron chi connectivity index (χ2n) is 5.42. The van der Waals surface area contributed by atoms with Crippen LogP contribution in [0.25, 0.3) is 0 Å². The SMILES string of the molecule is COc1ccc(NC(=O)COC(=O)c2cccc(N(C)C)c2)cc1Cl. The summed E-state index contributed by atoms with van der Waals surface area (Å²) in [7, 11) is 5.25. The summed E-state index contributed by atoms with van der Waals surface area (Å²) in [6.07, 6.45) is 0. The average molecular weight is 363 g/mol. The van der Waals surface area contributed by atoms with Crippen LogP contribution in [0.4, 0.5) is 11.4 Å². The first kappa shape index (κ1) is 18.6. The molecule has 7 heteroatoms. The van der Waals surface area contributed by atoms with Crippen LogP contribution in [0.2, 0.25) is 5.02 Å². The van der Waals surface area contributed by atoms with E-state index in [1.807, 2.05) is 25.1 Å². The lowest BCUT2D eigenvalue weighted by Gasteiger charge is -2.13. The van der Waals surface area contributed by atoms with Crippen LogP contribution in [0.3, 0.4) is 0 Å². The lowest BCUT2D eigenvalue weighted by atomic mass is 10.2. The first-order valence-corrected chi connectivity index (χ1v) is 7.86. The van der Waals surface area contributed by atoms with E-state index in [1.54, 1.807) is 36.4 Å². The van der Waals surface area contributed by atoms with Crippen LogP contribution in [0, 0.1) is 0 Å². The molecule has 0 aliphatic carbocycles. The summed E-state index contributed by atoms with van der Waals surface area (Å²) in [5.41, 5.74) is 1.74. The number of hydrogen-bond acceptors (Lipinski definition) is 5. The maximum atomic E-state index is 12.1. The largest absolute Gasteiger partial charge is 0.495 e. The van der Waals surface area contributed by atoms with E-state index in [-0.39, 0.29) is 0 Å². The van der Waals surface area contributed by atoms with Crippen molar-refractivity contribution in [3.8, 4) is 5.75 Å². The number of halogens is 1. The summed E-state index contributed by atoms with van der Waals surface area (Å²) in [4.78, 5) is 25.8. The van der Waals surface area contributed by atoms with Gasteiger partial charge in [0.15, 0.2) is 6.61 Å². The van der Waals surface area contributed by atoms with Gasteiger partial charge >= 0.3 is 5.97 Å². The number of amides is 1. The molecule has 25 heavy (non-hydrogen) atoms. The predicted molar refractivity (Wildman–Crippen MR) is 97.7 cm³/mol. The molecule has 0 aliphatic rings. The number of ether oxygens (including phenoxy) is 2. The van der Waals surface area contributed by atoms with Gasteiger partial charge in [0.1, 0.15) is 5.75 Å². The highest BCUT2D eigenvalue weighted by Gasteiger charge is 2.12. The molecule has 1 N–H and O–H groups in total. The smallest absolute Gasteiger partial charge is 0.338 e. The molecule has 2 aromatic carbocycles. The molecule has 0 unspecified atom stereocenters. The van der Waals surface area contributed by atoms with Gasteiger partial charge in [0.2, 0.25) is 0 Å². The van der Waals surface area contributed by atoms with Crippen molar-refractivity contribution in [3.05, 3.63) is 53.1 Å². The van der Waals surface area contributed by atoms with E-state index >= 15 is 0 Å². The zero-order valence-electron chi connectivity index (χ0n) is 14.2. The first-order chi connectivity index (χ1) is 11.9. The number of anilines is 2. The van der Waals surface area contributed by atoms with Crippen molar-refractivity contribution in [2.75, 3.05) is 38.0 Å². The summed E-state index contributed by atoms with van der Waals surface area (Å²) in [5, 5.41) is 2.98. The van der Waals surface area contributed by atoms with Gasteiger partial charge in [-0.2, -0.15) is 0 Å². The monoisotopic (exact) mass is 362 g/mol. The number of carbonyl (C=O) groups excluding carboxylic acids is 2. The van der Waals surface area contributed by atoms with E-state index in [1.165, 1.54) is 7.11 Å². The Morgan fingerprint density at radius 1 is 1.16 bits per heavy atom. The zero-order valence-corrected chi connectivity index (χ0v) is 15.0. The Hall–Kier alpha value is -2.73. The van der Waals surface area contributed by atoms with Gasteiger partial charge < -0.3 is 19.7 Å². The molecular weight excluding hydrogens is 344 g/mol. The number of carbonyl (C=O) groups is 2. The second kappa shape index (κ2) is 8.39. The molecule has 0 heterocycles. The molecular formula is C18H19ClN2O4. The Balaban J connectivity index is 1.92. The number of rotatable bonds is 6. The molecule has 0 fully saturated rings. The van der Waals surface area contributed by atoms with Gasteiger partial charge in [-0.3, -0.25) is 4.79 Å². The van der Waals surface area contributed by atoms with Crippen molar-refractivity contribution in [1.29, 1.82) is 0 Å². The maximum absolute atomic E-state index is 12.1. The van der Waals surface area contributed by atoms with E-state index in [9.17, 15) is 9.59 Å². The molecule has 0 saturated carbocycles. The summed E-state index contributed by atoms with van der Waals surface area (Å²) >= 11 is 6.00. The maximum Gasteiger partial charge on any atom is 0.338 e. The van der Waals surface area contributed by atoms with Gasteiger partial charge in [0, 0.05) is 25.5 Å². The fourth-order valence-corrected chi connectivity index (χ4v) is 2.32. The number of esters is 1.